The van der Waals surface area contributed by atoms with Crippen molar-refractivity contribution in [3.63, 3.8) is 0 Å². The molecule has 0 aliphatic carbocycles. The van der Waals surface area contributed by atoms with Crippen LogP contribution in [0.3, 0.4) is 0 Å². The Kier molecular flexibility index (Phi) is 3.94. The first-order valence-corrected chi connectivity index (χ1v) is 5.78. The minimum atomic E-state index is -0.306. The topological polar surface area (TPSA) is 35.5 Å². The SMILES string of the molecule is COC(=O)c1ccc(C=CC2CCCO2)cc1. The zero-order chi connectivity index (χ0) is 12.1. The third-order valence-corrected chi connectivity index (χ3v) is 2.80. The van der Waals surface area contributed by atoms with E-state index in [1.54, 1.807) is 12.1 Å². The summed E-state index contributed by atoms with van der Waals surface area (Å²) in [5.41, 5.74) is 1.63. The number of rotatable bonds is 3. The minimum absolute atomic E-state index is 0.246. The Hall–Kier alpha value is -1.61. The van der Waals surface area contributed by atoms with Crippen LogP contribution in [0.15, 0.2) is 30.3 Å². The highest BCUT2D eigenvalue weighted by atomic mass is 16.5. The van der Waals surface area contributed by atoms with Gasteiger partial charge in [0, 0.05) is 6.61 Å². The average Bonchev–Trinajstić information content (AvgIpc) is 2.89. The molecule has 0 N–H and O–H groups in total. The van der Waals surface area contributed by atoms with Crippen LogP contribution < -0.4 is 0 Å². The van der Waals surface area contributed by atoms with Crippen LogP contribution in [0.2, 0.25) is 0 Å². The second kappa shape index (κ2) is 5.64. The number of methoxy groups -OCH3 is 1. The van der Waals surface area contributed by atoms with Crippen LogP contribution >= 0.6 is 0 Å². The van der Waals surface area contributed by atoms with Crippen LogP contribution in [0.25, 0.3) is 6.08 Å². The van der Waals surface area contributed by atoms with Gasteiger partial charge in [-0.2, -0.15) is 0 Å². The van der Waals surface area contributed by atoms with Gasteiger partial charge in [-0.25, -0.2) is 4.79 Å². The van der Waals surface area contributed by atoms with E-state index in [1.807, 2.05) is 18.2 Å². The van der Waals surface area contributed by atoms with E-state index >= 15 is 0 Å². The fourth-order valence-electron chi connectivity index (χ4n) is 1.82. The Morgan fingerprint density at radius 2 is 2.18 bits per heavy atom. The quantitative estimate of drug-likeness (QED) is 0.751. The normalized spacial score (nSPS) is 19.7. The maximum atomic E-state index is 11.2. The molecule has 1 unspecified atom stereocenters. The summed E-state index contributed by atoms with van der Waals surface area (Å²) in [6.45, 7) is 0.857. The summed E-state index contributed by atoms with van der Waals surface area (Å²) in [4.78, 5) is 11.2. The number of hydrogen-bond acceptors (Lipinski definition) is 3. The minimum Gasteiger partial charge on any atom is -0.465 e. The Balaban J connectivity index is 2.00. The zero-order valence-corrected chi connectivity index (χ0v) is 9.89. The van der Waals surface area contributed by atoms with Crippen molar-refractivity contribution in [3.05, 3.63) is 41.5 Å². The third-order valence-electron chi connectivity index (χ3n) is 2.80. The largest absolute Gasteiger partial charge is 0.465 e. The molecule has 0 spiro atoms. The Bertz CT molecular complexity index is 400. The Labute approximate surface area is 101 Å². The van der Waals surface area contributed by atoms with Crippen molar-refractivity contribution in [1.29, 1.82) is 0 Å². The molecule has 17 heavy (non-hydrogen) atoms. The molecule has 3 heteroatoms. The molecule has 1 saturated heterocycles. The Morgan fingerprint density at radius 1 is 1.41 bits per heavy atom. The van der Waals surface area contributed by atoms with E-state index in [0.29, 0.717) is 5.56 Å². The third kappa shape index (κ3) is 3.17. The van der Waals surface area contributed by atoms with Crippen LogP contribution in [0, 0.1) is 0 Å². The van der Waals surface area contributed by atoms with Gasteiger partial charge in [-0.15, -0.1) is 0 Å². The summed E-state index contributed by atoms with van der Waals surface area (Å²) >= 11 is 0. The zero-order valence-electron chi connectivity index (χ0n) is 9.89. The summed E-state index contributed by atoms with van der Waals surface area (Å²) in [7, 11) is 1.38. The van der Waals surface area contributed by atoms with E-state index in [4.69, 9.17) is 4.74 Å². The first-order chi connectivity index (χ1) is 8.29. The predicted octanol–water partition coefficient (Wildman–Crippen LogP) is 2.67. The highest BCUT2D eigenvalue weighted by Crippen LogP contribution is 2.15. The van der Waals surface area contributed by atoms with Gasteiger partial charge in [-0.3, -0.25) is 0 Å². The van der Waals surface area contributed by atoms with Crippen molar-refractivity contribution in [1.82, 2.24) is 0 Å². The van der Waals surface area contributed by atoms with Gasteiger partial charge in [0.1, 0.15) is 0 Å². The number of carbonyl (C=O) groups excluding carboxylic acids is 1. The molecule has 0 saturated carbocycles. The van der Waals surface area contributed by atoms with E-state index in [2.05, 4.69) is 10.8 Å². The lowest BCUT2D eigenvalue weighted by atomic mass is 10.1. The molecular formula is C14H16O3. The van der Waals surface area contributed by atoms with Crippen molar-refractivity contribution in [3.8, 4) is 0 Å². The van der Waals surface area contributed by atoms with E-state index in [9.17, 15) is 4.79 Å². The fraction of sp³-hybridized carbons (Fsp3) is 0.357. The number of carbonyl (C=O) groups is 1. The van der Waals surface area contributed by atoms with Crippen molar-refractivity contribution >= 4 is 12.0 Å². The smallest absolute Gasteiger partial charge is 0.337 e. The molecule has 1 heterocycles. The molecule has 0 aromatic heterocycles. The molecule has 1 aromatic rings. The van der Waals surface area contributed by atoms with Crippen molar-refractivity contribution in [2.45, 2.75) is 18.9 Å². The summed E-state index contributed by atoms with van der Waals surface area (Å²) in [5, 5.41) is 0. The second-order valence-electron chi connectivity index (χ2n) is 4.02. The van der Waals surface area contributed by atoms with Gasteiger partial charge in [0.2, 0.25) is 0 Å². The Morgan fingerprint density at radius 3 is 2.76 bits per heavy atom. The summed E-state index contributed by atoms with van der Waals surface area (Å²) in [6.07, 6.45) is 6.57. The molecule has 1 fully saturated rings. The van der Waals surface area contributed by atoms with Gasteiger partial charge < -0.3 is 9.47 Å². The molecule has 1 atom stereocenters. The first kappa shape index (κ1) is 11.9. The molecule has 1 aromatic carbocycles. The van der Waals surface area contributed by atoms with E-state index in [-0.39, 0.29) is 12.1 Å². The molecular weight excluding hydrogens is 216 g/mol. The maximum absolute atomic E-state index is 11.2. The van der Waals surface area contributed by atoms with Gasteiger partial charge in [-0.05, 0) is 30.5 Å². The second-order valence-corrected chi connectivity index (χ2v) is 4.02. The van der Waals surface area contributed by atoms with Gasteiger partial charge in [0.15, 0.2) is 0 Å². The number of ether oxygens (including phenoxy) is 2. The van der Waals surface area contributed by atoms with E-state index in [0.717, 1.165) is 25.0 Å². The fourth-order valence-corrected chi connectivity index (χ4v) is 1.82. The molecule has 1 aliphatic rings. The summed E-state index contributed by atoms with van der Waals surface area (Å²) in [5.74, 6) is -0.306. The summed E-state index contributed by atoms with van der Waals surface area (Å²) < 4.78 is 10.1. The van der Waals surface area contributed by atoms with Crippen molar-refractivity contribution < 1.29 is 14.3 Å². The first-order valence-electron chi connectivity index (χ1n) is 5.78. The van der Waals surface area contributed by atoms with Gasteiger partial charge >= 0.3 is 5.97 Å². The lowest BCUT2D eigenvalue weighted by Gasteiger charge is -2.02. The van der Waals surface area contributed by atoms with Crippen LogP contribution in [0.4, 0.5) is 0 Å². The van der Waals surface area contributed by atoms with Crippen LogP contribution in [-0.4, -0.2) is 25.8 Å². The molecule has 3 nitrogen and oxygen atoms in total. The molecule has 1 aliphatic heterocycles. The highest BCUT2D eigenvalue weighted by molar-refractivity contribution is 5.89. The van der Waals surface area contributed by atoms with Crippen LogP contribution in [-0.2, 0) is 9.47 Å². The number of esters is 1. The van der Waals surface area contributed by atoms with Crippen molar-refractivity contribution in [2.24, 2.45) is 0 Å². The van der Waals surface area contributed by atoms with Gasteiger partial charge in [0.25, 0.3) is 0 Å². The van der Waals surface area contributed by atoms with E-state index < -0.39 is 0 Å². The number of benzene rings is 1. The lowest BCUT2D eigenvalue weighted by Crippen LogP contribution is -2.00. The predicted molar refractivity (Wildman–Crippen MR) is 65.8 cm³/mol. The van der Waals surface area contributed by atoms with Crippen LogP contribution in [0.1, 0.15) is 28.8 Å². The maximum Gasteiger partial charge on any atom is 0.337 e. The molecule has 2 rings (SSSR count). The summed E-state index contributed by atoms with van der Waals surface area (Å²) in [6, 6.07) is 7.33. The van der Waals surface area contributed by atoms with E-state index in [1.165, 1.54) is 7.11 Å². The van der Waals surface area contributed by atoms with Gasteiger partial charge in [-0.1, -0.05) is 24.3 Å². The lowest BCUT2D eigenvalue weighted by molar-refractivity contribution is 0.0600. The molecule has 0 radical (unpaired) electrons. The number of hydrogen-bond donors (Lipinski definition) is 0. The van der Waals surface area contributed by atoms with Crippen molar-refractivity contribution in [2.75, 3.05) is 13.7 Å². The van der Waals surface area contributed by atoms with Gasteiger partial charge in [0.05, 0.1) is 18.8 Å². The molecule has 90 valence electrons. The average molecular weight is 232 g/mol. The standard InChI is InChI=1S/C14H16O3/c1-16-14(15)12-7-4-11(5-8-12)6-9-13-3-2-10-17-13/h4-9,13H,2-3,10H2,1H3. The monoisotopic (exact) mass is 232 g/mol. The molecule has 0 amide bonds. The molecule has 0 bridgehead atoms. The van der Waals surface area contributed by atoms with Crippen LogP contribution in [0.5, 0.6) is 0 Å². The highest BCUT2D eigenvalue weighted by Gasteiger charge is 2.11.